The zero-order valence-electron chi connectivity index (χ0n) is 14.4. The van der Waals surface area contributed by atoms with Crippen molar-refractivity contribution in [3.8, 4) is 5.75 Å². The molecule has 2 heterocycles. The third-order valence-electron chi connectivity index (χ3n) is 4.44. The molecule has 0 radical (unpaired) electrons. The molecule has 26 heavy (non-hydrogen) atoms. The first-order valence-electron chi connectivity index (χ1n) is 8.76. The van der Waals surface area contributed by atoms with Crippen molar-refractivity contribution in [1.82, 2.24) is 9.97 Å². The molecule has 0 bridgehead atoms. The standard InChI is InChI=1S/C20H20N4O2/c25-20(13-26-17-8-7-15-5-1-2-6-16(15)11-17)23-18-12-19(22-14-21-18)24-9-3-4-10-24/h1-2,5-8,11-12,14H,3-4,9-10,13H2,(H,21,22,23,25). The molecule has 1 N–H and O–H groups in total. The number of aromatic nitrogens is 2. The highest BCUT2D eigenvalue weighted by Gasteiger charge is 2.14. The molecule has 6 heteroatoms. The first-order valence-corrected chi connectivity index (χ1v) is 8.76. The Morgan fingerprint density at radius 3 is 2.69 bits per heavy atom. The van der Waals surface area contributed by atoms with Crippen molar-refractivity contribution in [3.05, 3.63) is 54.9 Å². The van der Waals surface area contributed by atoms with Gasteiger partial charge in [0.1, 0.15) is 23.7 Å². The smallest absolute Gasteiger partial charge is 0.263 e. The maximum Gasteiger partial charge on any atom is 0.263 e. The van der Waals surface area contributed by atoms with Crippen molar-refractivity contribution in [2.24, 2.45) is 0 Å². The zero-order valence-corrected chi connectivity index (χ0v) is 14.4. The van der Waals surface area contributed by atoms with Crippen LogP contribution < -0.4 is 15.0 Å². The number of anilines is 2. The highest BCUT2D eigenvalue weighted by atomic mass is 16.5. The van der Waals surface area contributed by atoms with Gasteiger partial charge in [-0.3, -0.25) is 4.79 Å². The molecule has 2 aromatic carbocycles. The number of amides is 1. The number of rotatable bonds is 5. The minimum Gasteiger partial charge on any atom is -0.484 e. The molecule has 132 valence electrons. The second-order valence-corrected chi connectivity index (χ2v) is 6.30. The van der Waals surface area contributed by atoms with Crippen LogP contribution in [0.2, 0.25) is 0 Å². The van der Waals surface area contributed by atoms with Crippen LogP contribution in [-0.2, 0) is 4.79 Å². The van der Waals surface area contributed by atoms with Gasteiger partial charge in [0.15, 0.2) is 6.61 Å². The van der Waals surface area contributed by atoms with Crippen LogP contribution in [0, 0.1) is 0 Å². The zero-order chi connectivity index (χ0) is 17.8. The normalized spacial score (nSPS) is 13.8. The Kier molecular flexibility index (Phi) is 4.64. The Labute approximate surface area is 151 Å². The van der Waals surface area contributed by atoms with Gasteiger partial charge in [-0.05, 0) is 35.7 Å². The summed E-state index contributed by atoms with van der Waals surface area (Å²) in [5.74, 6) is 1.76. The number of benzene rings is 2. The van der Waals surface area contributed by atoms with Crippen LogP contribution in [0.15, 0.2) is 54.9 Å². The molecule has 1 amide bonds. The van der Waals surface area contributed by atoms with Gasteiger partial charge in [-0.1, -0.05) is 30.3 Å². The molecule has 0 spiro atoms. The largest absolute Gasteiger partial charge is 0.484 e. The van der Waals surface area contributed by atoms with E-state index in [4.69, 9.17) is 4.74 Å². The second-order valence-electron chi connectivity index (χ2n) is 6.30. The first kappa shape index (κ1) is 16.3. The van der Waals surface area contributed by atoms with Crippen molar-refractivity contribution >= 4 is 28.3 Å². The number of nitrogens with one attached hydrogen (secondary N) is 1. The molecular formula is C20H20N4O2. The third kappa shape index (κ3) is 3.74. The summed E-state index contributed by atoms with van der Waals surface area (Å²) < 4.78 is 5.61. The van der Waals surface area contributed by atoms with E-state index in [2.05, 4.69) is 20.2 Å². The summed E-state index contributed by atoms with van der Waals surface area (Å²) in [5, 5.41) is 4.99. The Bertz CT molecular complexity index is 922. The Morgan fingerprint density at radius 1 is 1.04 bits per heavy atom. The molecule has 1 saturated heterocycles. The maximum absolute atomic E-state index is 12.2. The van der Waals surface area contributed by atoms with E-state index in [9.17, 15) is 4.79 Å². The lowest BCUT2D eigenvalue weighted by atomic mass is 10.1. The first-order chi connectivity index (χ1) is 12.8. The van der Waals surface area contributed by atoms with Gasteiger partial charge in [-0.2, -0.15) is 0 Å². The highest BCUT2D eigenvalue weighted by molar-refractivity contribution is 5.91. The predicted octanol–water partition coefficient (Wildman–Crippen LogP) is 3.25. The Hall–Kier alpha value is -3.15. The van der Waals surface area contributed by atoms with Crippen LogP contribution in [-0.4, -0.2) is 35.6 Å². The number of nitrogens with zero attached hydrogens (tertiary/aromatic N) is 3. The van der Waals surface area contributed by atoms with Crippen molar-refractivity contribution in [2.45, 2.75) is 12.8 Å². The highest BCUT2D eigenvalue weighted by Crippen LogP contribution is 2.21. The van der Waals surface area contributed by atoms with E-state index in [1.807, 2.05) is 42.5 Å². The van der Waals surface area contributed by atoms with Crippen LogP contribution >= 0.6 is 0 Å². The minimum atomic E-state index is -0.246. The minimum absolute atomic E-state index is 0.0681. The lowest BCUT2D eigenvalue weighted by Crippen LogP contribution is -2.22. The van der Waals surface area contributed by atoms with E-state index in [0.717, 1.165) is 29.7 Å². The molecule has 6 nitrogen and oxygen atoms in total. The maximum atomic E-state index is 12.2. The average Bonchev–Trinajstić information content (AvgIpc) is 3.21. The fourth-order valence-electron chi connectivity index (χ4n) is 3.12. The quantitative estimate of drug-likeness (QED) is 0.767. The molecule has 1 aliphatic heterocycles. The summed E-state index contributed by atoms with van der Waals surface area (Å²) in [7, 11) is 0. The van der Waals surface area contributed by atoms with Crippen molar-refractivity contribution in [2.75, 3.05) is 29.9 Å². The van der Waals surface area contributed by atoms with Crippen LogP contribution in [0.4, 0.5) is 11.6 Å². The van der Waals surface area contributed by atoms with Crippen LogP contribution in [0.1, 0.15) is 12.8 Å². The molecule has 3 aromatic rings. The monoisotopic (exact) mass is 348 g/mol. The van der Waals surface area contributed by atoms with Crippen LogP contribution in [0.3, 0.4) is 0 Å². The van der Waals surface area contributed by atoms with E-state index in [0.29, 0.717) is 11.6 Å². The summed E-state index contributed by atoms with van der Waals surface area (Å²) in [4.78, 5) is 22.8. The van der Waals surface area contributed by atoms with E-state index >= 15 is 0 Å². The second kappa shape index (κ2) is 7.39. The molecule has 0 saturated carbocycles. The molecule has 1 fully saturated rings. The summed E-state index contributed by atoms with van der Waals surface area (Å²) in [5.41, 5.74) is 0. The summed E-state index contributed by atoms with van der Waals surface area (Å²) >= 11 is 0. The summed E-state index contributed by atoms with van der Waals surface area (Å²) in [6.07, 6.45) is 3.82. The molecular weight excluding hydrogens is 328 g/mol. The lowest BCUT2D eigenvalue weighted by Gasteiger charge is -2.16. The molecule has 1 aliphatic rings. The summed E-state index contributed by atoms with van der Waals surface area (Å²) in [6, 6.07) is 15.6. The van der Waals surface area contributed by atoms with E-state index in [-0.39, 0.29) is 12.5 Å². The van der Waals surface area contributed by atoms with E-state index in [1.165, 1.54) is 19.2 Å². The van der Waals surface area contributed by atoms with Crippen molar-refractivity contribution in [1.29, 1.82) is 0 Å². The van der Waals surface area contributed by atoms with Gasteiger partial charge in [-0.25, -0.2) is 9.97 Å². The molecule has 0 atom stereocenters. The van der Waals surface area contributed by atoms with Crippen molar-refractivity contribution in [3.63, 3.8) is 0 Å². The van der Waals surface area contributed by atoms with Crippen molar-refractivity contribution < 1.29 is 9.53 Å². The summed E-state index contributed by atoms with van der Waals surface area (Å²) in [6.45, 7) is 1.92. The van der Waals surface area contributed by atoms with Crippen LogP contribution in [0.5, 0.6) is 5.75 Å². The Morgan fingerprint density at radius 2 is 1.85 bits per heavy atom. The number of fused-ring (bicyclic) bond motifs is 1. The number of ether oxygens (including phenoxy) is 1. The number of hydrogen-bond donors (Lipinski definition) is 1. The van der Waals surface area contributed by atoms with Crippen LogP contribution in [0.25, 0.3) is 10.8 Å². The van der Waals surface area contributed by atoms with Gasteiger partial charge >= 0.3 is 0 Å². The molecule has 0 unspecified atom stereocenters. The fourth-order valence-corrected chi connectivity index (χ4v) is 3.12. The Balaban J connectivity index is 1.36. The van der Waals surface area contributed by atoms with Gasteiger partial charge in [0.2, 0.25) is 0 Å². The van der Waals surface area contributed by atoms with E-state index in [1.54, 1.807) is 6.07 Å². The molecule has 4 rings (SSSR count). The van der Waals surface area contributed by atoms with Gasteiger partial charge in [0.05, 0.1) is 0 Å². The molecule has 1 aromatic heterocycles. The third-order valence-corrected chi connectivity index (χ3v) is 4.44. The average molecular weight is 348 g/mol. The van der Waals surface area contributed by atoms with Gasteiger partial charge in [-0.15, -0.1) is 0 Å². The van der Waals surface area contributed by atoms with Gasteiger partial charge < -0.3 is 15.0 Å². The lowest BCUT2D eigenvalue weighted by molar-refractivity contribution is -0.118. The topological polar surface area (TPSA) is 67.3 Å². The SMILES string of the molecule is O=C(COc1ccc2ccccc2c1)Nc1cc(N2CCCC2)ncn1. The fraction of sp³-hybridized carbons (Fsp3) is 0.250. The molecule has 0 aliphatic carbocycles. The predicted molar refractivity (Wildman–Crippen MR) is 102 cm³/mol. The number of carbonyl (C=O) groups excluding carboxylic acids is 1. The van der Waals surface area contributed by atoms with Gasteiger partial charge in [0.25, 0.3) is 5.91 Å². The van der Waals surface area contributed by atoms with E-state index < -0.39 is 0 Å². The number of hydrogen-bond acceptors (Lipinski definition) is 5. The number of carbonyl (C=O) groups is 1. The van der Waals surface area contributed by atoms with Gasteiger partial charge in [0, 0.05) is 19.2 Å².